The van der Waals surface area contributed by atoms with Crippen LogP contribution in [0.25, 0.3) is 0 Å². The molecule has 4 heteroatoms. The first-order valence-electron chi connectivity index (χ1n) is 9.87. The lowest BCUT2D eigenvalue weighted by Gasteiger charge is -2.35. The molecule has 4 N–H and O–H groups in total. The van der Waals surface area contributed by atoms with Gasteiger partial charge in [-0.05, 0) is 64.7 Å². The summed E-state index contributed by atoms with van der Waals surface area (Å²) in [5.41, 5.74) is 0. The van der Waals surface area contributed by atoms with E-state index in [1.54, 1.807) is 0 Å². The molecule has 0 radical (unpaired) electrons. The summed E-state index contributed by atoms with van der Waals surface area (Å²) in [6, 6.07) is 2.80. The largest absolute Gasteiger partial charge is 0.312 e. The molecule has 0 spiro atoms. The van der Waals surface area contributed by atoms with E-state index in [2.05, 4.69) is 21.3 Å². The fourth-order valence-electron chi connectivity index (χ4n) is 4.57. The van der Waals surface area contributed by atoms with Gasteiger partial charge in [0, 0.05) is 24.2 Å². The zero-order valence-electron chi connectivity index (χ0n) is 14.2. The van der Waals surface area contributed by atoms with Gasteiger partial charge in [-0.2, -0.15) is 0 Å². The molecule has 2 aliphatic carbocycles. The predicted octanol–water partition coefficient (Wildman–Crippen LogP) is 1.76. The Morgan fingerprint density at radius 3 is 0.909 bits per heavy atom. The predicted molar refractivity (Wildman–Crippen MR) is 93.3 cm³/mol. The monoisotopic (exact) mass is 308 g/mol. The van der Waals surface area contributed by atoms with Crippen LogP contribution in [0.15, 0.2) is 0 Å². The first kappa shape index (κ1) is 16.7. The van der Waals surface area contributed by atoms with Crippen molar-refractivity contribution < 1.29 is 0 Å². The highest BCUT2D eigenvalue weighted by Gasteiger charge is 2.26. The first-order chi connectivity index (χ1) is 10.9. The number of hydrogen-bond donors (Lipinski definition) is 4. The lowest BCUT2D eigenvalue weighted by atomic mass is 9.89. The van der Waals surface area contributed by atoms with Crippen molar-refractivity contribution >= 4 is 0 Å². The van der Waals surface area contributed by atoms with E-state index in [4.69, 9.17) is 0 Å². The van der Waals surface area contributed by atoms with E-state index in [0.717, 1.165) is 0 Å². The fraction of sp³-hybridized carbons (Fsp3) is 1.00. The van der Waals surface area contributed by atoms with E-state index < -0.39 is 0 Å². The summed E-state index contributed by atoms with van der Waals surface area (Å²) in [5.74, 6) is 0. The Morgan fingerprint density at radius 1 is 0.364 bits per heavy atom. The molecular weight excluding hydrogens is 272 g/mol. The van der Waals surface area contributed by atoms with Crippen LogP contribution in [-0.2, 0) is 0 Å². The van der Waals surface area contributed by atoms with Gasteiger partial charge in [-0.15, -0.1) is 0 Å². The number of rotatable bonds is 0. The van der Waals surface area contributed by atoms with Crippen molar-refractivity contribution in [1.82, 2.24) is 21.3 Å². The lowest BCUT2D eigenvalue weighted by Crippen LogP contribution is -2.53. The Bertz CT molecular complexity index is 251. The van der Waals surface area contributed by atoms with Crippen molar-refractivity contribution in [2.45, 2.75) is 88.4 Å². The first-order valence-corrected chi connectivity index (χ1v) is 9.87. The molecule has 128 valence electrons. The number of hydrogen-bond acceptors (Lipinski definition) is 4. The zero-order valence-corrected chi connectivity index (χ0v) is 14.2. The van der Waals surface area contributed by atoms with Crippen LogP contribution in [0.2, 0.25) is 0 Å². The van der Waals surface area contributed by atoms with Gasteiger partial charge in [0.25, 0.3) is 0 Å². The highest BCUT2D eigenvalue weighted by molar-refractivity contribution is 4.88. The van der Waals surface area contributed by atoms with Crippen molar-refractivity contribution in [3.63, 3.8) is 0 Å². The molecule has 4 atom stereocenters. The van der Waals surface area contributed by atoms with E-state index in [-0.39, 0.29) is 0 Å². The van der Waals surface area contributed by atoms with Crippen LogP contribution in [0.3, 0.4) is 0 Å². The second kappa shape index (κ2) is 9.21. The van der Waals surface area contributed by atoms with Gasteiger partial charge in [0.1, 0.15) is 0 Å². The summed E-state index contributed by atoms with van der Waals surface area (Å²) in [6.45, 7) is 4.67. The van der Waals surface area contributed by atoms with Crippen molar-refractivity contribution in [2.24, 2.45) is 0 Å². The van der Waals surface area contributed by atoms with E-state index in [1.165, 1.54) is 90.4 Å². The Morgan fingerprint density at radius 2 is 0.636 bits per heavy atom. The van der Waals surface area contributed by atoms with Crippen molar-refractivity contribution in [2.75, 3.05) is 26.2 Å². The molecule has 1 heterocycles. The quantitative estimate of drug-likeness (QED) is 0.551. The summed E-state index contributed by atoms with van der Waals surface area (Å²) in [7, 11) is 0. The number of nitrogens with one attached hydrogen (secondary N) is 4. The van der Waals surface area contributed by atoms with E-state index in [1.807, 2.05) is 0 Å². The third-order valence-electron chi connectivity index (χ3n) is 5.87. The molecule has 1 aliphatic heterocycles. The van der Waals surface area contributed by atoms with Crippen molar-refractivity contribution in [1.29, 1.82) is 0 Å². The molecule has 0 aromatic rings. The molecule has 22 heavy (non-hydrogen) atoms. The number of fused-ring (bicyclic) bond motifs is 2. The molecule has 0 aromatic heterocycles. The highest BCUT2D eigenvalue weighted by atomic mass is 15.1. The SMILES string of the molecule is C1CNC2CCCCC2NCCCNC2CCCCC2NC1. The highest BCUT2D eigenvalue weighted by Crippen LogP contribution is 2.20. The van der Waals surface area contributed by atoms with Gasteiger partial charge in [-0.25, -0.2) is 0 Å². The summed E-state index contributed by atoms with van der Waals surface area (Å²) >= 11 is 0. The molecule has 0 bridgehead atoms. The maximum atomic E-state index is 3.83. The summed E-state index contributed by atoms with van der Waals surface area (Å²) in [4.78, 5) is 0. The molecule has 4 unspecified atom stereocenters. The molecule has 1 saturated heterocycles. The smallest absolute Gasteiger partial charge is 0.0221 e. The van der Waals surface area contributed by atoms with Gasteiger partial charge < -0.3 is 21.3 Å². The van der Waals surface area contributed by atoms with Gasteiger partial charge in [-0.1, -0.05) is 25.7 Å². The second-order valence-corrected chi connectivity index (χ2v) is 7.52. The van der Waals surface area contributed by atoms with Gasteiger partial charge in [0.2, 0.25) is 0 Å². The average molecular weight is 309 g/mol. The van der Waals surface area contributed by atoms with Crippen LogP contribution in [-0.4, -0.2) is 50.3 Å². The summed E-state index contributed by atoms with van der Waals surface area (Å²) in [6.07, 6.45) is 13.5. The standard InChI is InChI=1S/C18H36N4/c1-2-8-16-15(7-1)19-11-5-13-21-17-9-3-4-10-18(17)22-14-6-12-20-16/h15-22H,1-14H2. The van der Waals surface area contributed by atoms with Gasteiger partial charge in [0.05, 0.1) is 0 Å². The van der Waals surface area contributed by atoms with Crippen LogP contribution in [0.5, 0.6) is 0 Å². The zero-order chi connectivity index (χ0) is 15.0. The van der Waals surface area contributed by atoms with Crippen LogP contribution in [0.4, 0.5) is 0 Å². The second-order valence-electron chi connectivity index (χ2n) is 7.52. The molecule has 2 saturated carbocycles. The molecule has 3 rings (SSSR count). The fourth-order valence-corrected chi connectivity index (χ4v) is 4.57. The minimum atomic E-state index is 0.701. The van der Waals surface area contributed by atoms with Gasteiger partial charge in [-0.3, -0.25) is 0 Å². The topological polar surface area (TPSA) is 48.1 Å². The summed E-state index contributed by atoms with van der Waals surface area (Å²) < 4.78 is 0. The van der Waals surface area contributed by atoms with E-state index >= 15 is 0 Å². The molecule has 3 aliphatic rings. The molecular formula is C18H36N4. The Balaban J connectivity index is 1.50. The third-order valence-corrected chi connectivity index (χ3v) is 5.87. The third kappa shape index (κ3) is 4.92. The molecule has 4 nitrogen and oxygen atoms in total. The van der Waals surface area contributed by atoms with Crippen LogP contribution >= 0.6 is 0 Å². The van der Waals surface area contributed by atoms with Crippen molar-refractivity contribution in [3.05, 3.63) is 0 Å². The van der Waals surface area contributed by atoms with E-state index in [0.29, 0.717) is 24.2 Å². The molecule has 0 aromatic carbocycles. The Kier molecular flexibility index (Phi) is 6.99. The van der Waals surface area contributed by atoms with Gasteiger partial charge >= 0.3 is 0 Å². The van der Waals surface area contributed by atoms with Crippen molar-refractivity contribution in [3.8, 4) is 0 Å². The maximum Gasteiger partial charge on any atom is 0.0221 e. The minimum absolute atomic E-state index is 0.701. The van der Waals surface area contributed by atoms with Gasteiger partial charge in [0.15, 0.2) is 0 Å². The van der Waals surface area contributed by atoms with Crippen LogP contribution < -0.4 is 21.3 Å². The molecule has 3 fully saturated rings. The van der Waals surface area contributed by atoms with Crippen LogP contribution in [0.1, 0.15) is 64.2 Å². The Hall–Kier alpha value is -0.160. The lowest BCUT2D eigenvalue weighted by molar-refractivity contribution is 0.261. The molecule has 0 amide bonds. The maximum absolute atomic E-state index is 3.83. The normalized spacial score (nSPS) is 39.3. The van der Waals surface area contributed by atoms with E-state index in [9.17, 15) is 0 Å². The summed E-state index contributed by atoms with van der Waals surface area (Å²) in [5, 5.41) is 15.3. The van der Waals surface area contributed by atoms with Crippen LogP contribution in [0, 0.1) is 0 Å². The average Bonchev–Trinajstić information content (AvgIpc) is 2.56. The Labute approximate surface area is 136 Å². The minimum Gasteiger partial charge on any atom is -0.312 e.